The zero-order valence-corrected chi connectivity index (χ0v) is 18.3. The van der Waals surface area contributed by atoms with E-state index in [1.807, 2.05) is 0 Å². The molecule has 0 unspecified atom stereocenters. The Labute approximate surface area is 187 Å². The van der Waals surface area contributed by atoms with Crippen LogP contribution in [0.5, 0.6) is 0 Å². The Balaban J connectivity index is 2.16. The van der Waals surface area contributed by atoms with E-state index < -0.39 is 41.8 Å². The molecule has 162 valence electrons. The van der Waals surface area contributed by atoms with Gasteiger partial charge in [-0.3, -0.25) is 9.11 Å². The number of hydrogen-bond donors (Lipinski definition) is 2. The average Bonchev–Trinajstić information content (AvgIpc) is 3.13. The van der Waals surface area contributed by atoms with Crippen LogP contribution in [0, 0.1) is 0 Å². The summed E-state index contributed by atoms with van der Waals surface area (Å²) in [4.78, 5) is -1.65. The summed E-state index contributed by atoms with van der Waals surface area (Å²) in [6.45, 7) is 0. The average molecular weight is 503 g/mol. The first-order chi connectivity index (χ1) is 14.5. The van der Waals surface area contributed by atoms with E-state index in [-0.39, 0.29) is 21.2 Å². The number of rotatable bonds is 6. The summed E-state index contributed by atoms with van der Waals surface area (Å²) >= 11 is 12.0. The van der Waals surface area contributed by atoms with Gasteiger partial charge < -0.3 is 4.42 Å². The van der Waals surface area contributed by atoms with Crippen molar-refractivity contribution in [3.05, 3.63) is 81.5 Å². The van der Waals surface area contributed by atoms with Crippen molar-refractivity contribution in [3.63, 3.8) is 0 Å². The zero-order chi connectivity index (χ0) is 22.8. The molecule has 0 spiro atoms. The predicted molar refractivity (Wildman–Crippen MR) is 116 cm³/mol. The third-order valence-electron chi connectivity index (χ3n) is 3.79. The Morgan fingerprint density at radius 3 is 1.42 bits per heavy atom. The highest BCUT2D eigenvalue weighted by molar-refractivity contribution is 7.96. The van der Waals surface area contributed by atoms with Crippen LogP contribution in [-0.4, -0.2) is 36.1 Å². The van der Waals surface area contributed by atoms with E-state index in [0.29, 0.717) is 0 Å². The first kappa shape index (κ1) is 23.1. The number of benzene rings is 2. The predicted octanol–water partition coefficient (Wildman–Crippen LogP) is 4.15. The fourth-order valence-corrected chi connectivity index (χ4v) is 3.92. The number of hydrogen-bond acceptors (Lipinski definition) is 7. The molecule has 1 aromatic heterocycles. The van der Waals surface area contributed by atoms with Crippen LogP contribution in [0.2, 0.25) is 10.0 Å². The van der Waals surface area contributed by atoms with Crippen LogP contribution in [0.1, 0.15) is 22.9 Å². The molecule has 0 aliphatic rings. The van der Waals surface area contributed by atoms with E-state index in [1.54, 1.807) is 24.3 Å². The lowest BCUT2D eigenvalue weighted by atomic mass is 10.2. The van der Waals surface area contributed by atoms with E-state index >= 15 is 0 Å². The van der Waals surface area contributed by atoms with Gasteiger partial charge in [-0.05, 0) is 35.4 Å². The molecule has 13 heteroatoms. The van der Waals surface area contributed by atoms with Crippen LogP contribution in [0.4, 0.5) is 0 Å². The summed E-state index contributed by atoms with van der Waals surface area (Å²) < 4.78 is 71.9. The highest BCUT2D eigenvalue weighted by atomic mass is 35.5. The molecule has 0 aliphatic carbocycles. The van der Waals surface area contributed by atoms with Gasteiger partial charge in [0.25, 0.3) is 32.0 Å². The summed E-state index contributed by atoms with van der Waals surface area (Å²) in [5.41, 5.74) is 0.413. The summed E-state index contributed by atoms with van der Waals surface area (Å²) in [6.07, 6.45) is 1.94. The van der Waals surface area contributed by atoms with Crippen LogP contribution >= 0.6 is 23.2 Å². The van der Waals surface area contributed by atoms with Gasteiger partial charge in [0, 0.05) is 10.0 Å². The molecule has 3 rings (SSSR count). The van der Waals surface area contributed by atoms with Crippen molar-refractivity contribution >= 4 is 65.4 Å². The molecule has 0 saturated carbocycles. The second kappa shape index (κ2) is 8.91. The van der Waals surface area contributed by atoms with Crippen molar-refractivity contribution in [2.24, 2.45) is 0 Å². The molecule has 0 fully saturated rings. The van der Waals surface area contributed by atoms with E-state index in [0.717, 1.165) is 12.2 Å². The largest absolute Gasteiger partial charge is 0.414 e. The fraction of sp³-hybridized carbons (Fsp3) is 0. The molecule has 0 saturated heterocycles. The number of nitrogens with zero attached hydrogens (tertiary/aromatic N) is 2. The highest BCUT2D eigenvalue weighted by Gasteiger charge is 2.28. The van der Waals surface area contributed by atoms with E-state index in [2.05, 4.69) is 10.2 Å². The summed E-state index contributed by atoms with van der Waals surface area (Å²) in [5.74, 6) is -1.46. The maximum atomic E-state index is 11.9. The lowest BCUT2D eigenvalue weighted by Gasteiger charge is -2.03. The quantitative estimate of drug-likeness (QED) is 0.473. The molecular weight excluding hydrogens is 491 g/mol. The van der Waals surface area contributed by atoms with Crippen molar-refractivity contribution in [3.8, 4) is 0 Å². The zero-order valence-electron chi connectivity index (χ0n) is 15.2. The third kappa shape index (κ3) is 5.58. The van der Waals surface area contributed by atoms with Gasteiger partial charge in [-0.2, -0.15) is 16.8 Å². The second-order valence-electron chi connectivity index (χ2n) is 5.92. The van der Waals surface area contributed by atoms with E-state index in [1.165, 1.54) is 24.3 Å². The van der Waals surface area contributed by atoms with Crippen LogP contribution < -0.4 is 0 Å². The molecule has 0 amide bonds. The van der Waals surface area contributed by atoms with Crippen LogP contribution in [0.15, 0.2) is 52.9 Å². The number of aromatic nitrogens is 2. The van der Waals surface area contributed by atoms with Gasteiger partial charge >= 0.3 is 0 Å². The molecule has 0 radical (unpaired) electrons. The Hall–Kier alpha value is -2.54. The Kier molecular flexibility index (Phi) is 6.65. The van der Waals surface area contributed by atoms with Crippen molar-refractivity contribution in [2.75, 3.05) is 0 Å². The van der Waals surface area contributed by atoms with E-state index in [9.17, 15) is 25.9 Å². The Morgan fingerprint density at radius 1 is 0.742 bits per heavy atom. The maximum Gasteiger partial charge on any atom is 0.300 e. The minimum Gasteiger partial charge on any atom is -0.414 e. The van der Waals surface area contributed by atoms with Gasteiger partial charge in [0.2, 0.25) is 0 Å². The van der Waals surface area contributed by atoms with Crippen LogP contribution in [0.25, 0.3) is 22.0 Å². The van der Waals surface area contributed by atoms with Crippen molar-refractivity contribution in [2.45, 2.75) is 0 Å². The van der Waals surface area contributed by atoms with Crippen molar-refractivity contribution in [1.29, 1.82) is 0 Å². The smallest absolute Gasteiger partial charge is 0.300 e. The van der Waals surface area contributed by atoms with Gasteiger partial charge in [0.15, 0.2) is 9.81 Å². The lowest BCUT2D eigenvalue weighted by molar-refractivity contribution is 0.487. The number of halogens is 2. The maximum absolute atomic E-state index is 11.9. The molecule has 0 atom stereocenters. The van der Waals surface area contributed by atoms with E-state index in [4.69, 9.17) is 27.6 Å². The summed E-state index contributed by atoms with van der Waals surface area (Å²) in [7, 11) is -9.79. The minimum atomic E-state index is -4.89. The van der Waals surface area contributed by atoms with Gasteiger partial charge in [-0.15, -0.1) is 10.2 Å². The van der Waals surface area contributed by atoms with Gasteiger partial charge in [-0.25, -0.2) is 0 Å². The molecule has 9 nitrogen and oxygen atoms in total. The SMILES string of the molecule is O=S(=O)(O)C(=Cc1ccccc1Cl)c1nnc(C(=Cc2ccccc2Cl)S(=O)(=O)O)o1. The molecule has 2 aromatic carbocycles. The standard InChI is InChI=1S/C18H12Cl2N2O7S2/c19-13-7-3-1-5-11(13)9-15(30(23,24)25)17-21-22-18(29-17)16(31(26,27)28)10-12-6-2-4-8-14(12)20/h1-10H,(H,23,24,25)(H,26,27,28). The monoisotopic (exact) mass is 502 g/mol. The van der Waals surface area contributed by atoms with Crippen LogP contribution in [0.3, 0.4) is 0 Å². The topological polar surface area (TPSA) is 148 Å². The molecule has 31 heavy (non-hydrogen) atoms. The first-order valence-electron chi connectivity index (χ1n) is 8.18. The Bertz CT molecular complexity index is 1310. The molecule has 3 aromatic rings. The van der Waals surface area contributed by atoms with Gasteiger partial charge in [0.05, 0.1) is 0 Å². The molecule has 1 heterocycles. The van der Waals surface area contributed by atoms with Crippen LogP contribution in [-0.2, 0) is 20.2 Å². The van der Waals surface area contributed by atoms with Crippen molar-refractivity contribution < 1.29 is 30.4 Å². The minimum absolute atomic E-state index is 0.167. The molecular formula is C18H12Cl2N2O7S2. The molecule has 0 bridgehead atoms. The fourth-order valence-electron chi connectivity index (χ4n) is 2.38. The van der Waals surface area contributed by atoms with Gasteiger partial charge in [-0.1, -0.05) is 59.6 Å². The third-order valence-corrected chi connectivity index (χ3v) is 6.17. The summed E-state index contributed by atoms with van der Waals surface area (Å²) in [5, 5.41) is 7.32. The second-order valence-corrected chi connectivity index (χ2v) is 9.52. The van der Waals surface area contributed by atoms with Gasteiger partial charge in [0.1, 0.15) is 0 Å². The Morgan fingerprint density at radius 2 is 1.10 bits per heavy atom. The van der Waals surface area contributed by atoms with Crippen molar-refractivity contribution in [1.82, 2.24) is 10.2 Å². The molecule has 2 N–H and O–H groups in total. The highest BCUT2D eigenvalue weighted by Crippen LogP contribution is 2.30. The lowest BCUT2D eigenvalue weighted by Crippen LogP contribution is -2.02. The first-order valence-corrected chi connectivity index (χ1v) is 11.8. The molecule has 0 aliphatic heterocycles. The normalized spacial score (nSPS) is 13.4. The summed E-state index contributed by atoms with van der Waals surface area (Å²) in [6, 6.07) is 12.2.